The van der Waals surface area contributed by atoms with Crippen molar-refractivity contribution in [3.8, 4) is 5.75 Å². The maximum atomic E-state index is 15.6. The number of halogens is 1. The highest BCUT2D eigenvalue weighted by Gasteiger charge is 2.48. The Hall–Kier alpha value is -4.46. The van der Waals surface area contributed by atoms with E-state index in [2.05, 4.69) is 20.2 Å². The van der Waals surface area contributed by atoms with Crippen LogP contribution in [-0.4, -0.2) is 88.9 Å². The molecule has 1 N–H and O–H groups in total. The van der Waals surface area contributed by atoms with E-state index < -0.39 is 23.4 Å². The number of anilines is 2. The van der Waals surface area contributed by atoms with E-state index in [9.17, 15) is 14.4 Å². The fourth-order valence-electron chi connectivity index (χ4n) is 6.71. The Bertz CT molecular complexity index is 1730. The number of fused-ring (bicyclic) bond motifs is 3. The number of amides is 3. The molecule has 1 unspecified atom stereocenters. The number of carbonyl (C=O) groups is 3. The molecule has 46 heavy (non-hydrogen) atoms. The molecule has 1 spiro atoms. The van der Waals surface area contributed by atoms with Gasteiger partial charge in [0.2, 0.25) is 5.89 Å². The summed E-state index contributed by atoms with van der Waals surface area (Å²) in [6.45, 7) is 8.04. The van der Waals surface area contributed by atoms with E-state index in [1.54, 1.807) is 40.0 Å². The summed E-state index contributed by atoms with van der Waals surface area (Å²) in [6.07, 6.45) is 1.71. The number of aromatic nitrogens is 2. The van der Waals surface area contributed by atoms with E-state index in [-0.39, 0.29) is 42.3 Å². The van der Waals surface area contributed by atoms with E-state index in [0.717, 1.165) is 31.6 Å². The van der Waals surface area contributed by atoms with E-state index in [1.807, 2.05) is 6.07 Å². The van der Waals surface area contributed by atoms with Crippen molar-refractivity contribution >= 4 is 40.8 Å². The summed E-state index contributed by atoms with van der Waals surface area (Å²) in [5.41, 5.74) is 0.913. The maximum Gasteiger partial charge on any atom is 0.416 e. The quantitative estimate of drug-likeness (QED) is 0.432. The van der Waals surface area contributed by atoms with Crippen molar-refractivity contribution in [3.63, 3.8) is 0 Å². The third-order valence-electron chi connectivity index (χ3n) is 8.93. The molecule has 0 saturated carbocycles. The van der Waals surface area contributed by atoms with E-state index in [0.29, 0.717) is 54.3 Å². The van der Waals surface area contributed by atoms with Crippen LogP contribution >= 0.6 is 0 Å². The van der Waals surface area contributed by atoms with Crippen LogP contribution in [0.25, 0.3) is 11.1 Å². The molecule has 3 amide bonds. The van der Waals surface area contributed by atoms with E-state index >= 15 is 4.39 Å². The van der Waals surface area contributed by atoms with Crippen molar-refractivity contribution in [2.24, 2.45) is 5.92 Å². The van der Waals surface area contributed by atoms with Gasteiger partial charge in [-0.2, -0.15) is 0 Å². The number of piperidine rings is 1. The number of likely N-dealkylation sites (tertiary alicyclic amines) is 1. The van der Waals surface area contributed by atoms with Crippen LogP contribution in [0, 0.1) is 11.7 Å². The molecule has 14 heteroatoms. The van der Waals surface area contributed by atoms with Crippen LogP contribution in [-0.2, 0) is 33.7 Å². The molecular weight excluding hydrogens is 599 g/mol. The molecular formula is C32H37FN6O7. The Kier molecular flexibility index (Phi) is 7.29. The number of rotatable bonds is 5. The lowest BCUT2D eigenvalue weighted by Crippen LogP contribution is -2.48. The summed E-state index contributed by atoms with van der Waals surface area (Å²) in [7, 11) is 1.59. The Morgan fingerprint density at radius 1 is 1.20 bits per heavy atom. The van der Waals surface area contributed by atoms with Crippen molar-refractivity contribution in [1.82, 2.24) is 19.8 Å². The van der Waals surface area contributed by atoms with Gasteiger partial charge < -0.3 is 33.7 Å². The molecule has 2 fully saturated rings. The Morgan fingerprint density at radius 3 is 2.74 bits per heavy atom. The zero-order valence-electron chi connectivity index (χ0n) is 26.4. The first kappa shape index (κ1) is 30.2. The highest BCUT2D eigenvalue weighted by Crippen LogP contribution is 2.39. The van der Waals surface area contributed by atoms with Gasteiger partial charge in [-0.25, -0.2) is 23.9 Å². The van der Waals surface area contributed by atoms with E-state index in [4.69, 9.17) is 18.6 Å². The third kappa shape index (κ3) is 5.81. The number of hydrogen-bond donors (Lipinski definition) is 1. The van der Waals surface area contributed by atoms with Gasteiger partial charge in [0.15, 0.2) is 29.6 Å². The van der Waals surface area contributed by atoms with Crippen LogP contribution in [0.2, 0.25) is 0 Å². The molecule has 7 rings (SSSR count). The standard InChI is InChI=1S/C32H37FN6O7/c1-31(2,3)45-29(41)37(4)15-25-34-21-13-19-11-18(12-20(19)26(33)27(21)44-25)14-38-9-7-32(8-10-38)17-39(30(42)46-32)23-6-5-22-28(35-23)36-24(40)16-43-22/h5-6,13,18H,7-12,14-17H2,1-4H3,(H,35,36,40). The van der Waals surface area contributed by atoms with Crippen LogP contribution in [0.4, 0.5) is 25.6 Å². The van der Waals surface area contributed by atoms with Gasteiger partial charge in [0, 0.05) is 39.5 Å². The smallest absolute Gasteiger partial charge is 0.416 e. The van der Waals surface area contributed by atoms with Gasteiger partial charge in [-0.15, -0.1) is 0 Å². The van der Waals surface area contributed by atoms with Crippen molar-refractivity contribution in [2.45, 2.75) is 64.2 Å². The number of ether oxygens (including phenoxy) is 3. The Labute approximate surface area is 264 Å². The lowest BCUT2D eigenvalue weighted by molar-refractivity contribution is -0.118. The van der Waals surface area contributed by atoms with Crippen LogP contribution in [0.15, 0.2) is 22.6 Å². The number of nitrogens with one attached hydrogen (secondary N) is 1. The molecule has 1 aromatic carbocycles. The van der Waals surface area contributed by atoms with Crippen LogP contribution in [0.5, 0.6) is 5.75 Å². The second-order valence-electron chi connectivity index (χ2n) is 13.7. The first-order valence-corrected chi connectivity index (χ1v) is 15.6. The Morgan fingerprint density at radius 2 is 1.98 bits per heavy atom. The van der Waals surface area contributed by atoms with Crippen molar-refractivity contribution in [3.05, 3.63) is 41.0 Å². The molecule has 2 saturated heterocycles. The second-order valence-corrected chi connectivity index (χ2v) is 13.7. The topological polar surface area (TPSA) is 140 Å². The van der Waals surface area contributed by atoms with Gasteiger partial charge in [-0.3, -0.25) is 9.69 Å². The van der Waals surface area contributed by atoms with Crippen LogP contribution in [0.3, 0.4) is 0 Å². The first-order valence-electron chi connectivity index (χ1n) is 15.6. The largest absolute Gasteiger partial charge is 0.480 e. The molecule has 3 aliphatic heterocycles. The summed E-state index contributed by atoms with van der Waals surface area (Å²) < 4.78 is 38.1. The fourth-order valence-corrected chi connectivity index (χ4v) is 6.71. The summed E-state index contributed by atoms with van der Waals surface area (Å²) >= 11 is 0. The number of hydrogen-bond acceptors (Lipinski definition) is 10. The lowest BCUT2D eigenvalue weighted by Gasteiger charge is -2.38. The minimum absolute atomic E-state index is 0.0656. The zero-order chi connectivity index (χ0) is 32.4. The highest BCUT2D eigenvalue weighted by molar-refractivity contribution is 5.95. The minimum Gasteiger partial charge on any atom is -0.480 e. The summed E-state index contributed by atoms with van der Waals surface area (Å²) in [5, 5.41) is 2.68. The number of benzene rings is 1. The number of nitrogens with zero attached hydrogens (tertiary/aromatic N) is 5. The van der Waals surface area contributed by atoms with Gasteiger partial charge in [0.05, 0.1) is 6.54 Å². The fraction of sp³-hybridized carbons (Fsp3) is 0.531. The maximum absolute atomic E-state index is 15.6. The molecule has 1 atom stereocenters. The lowest BCUT2D eigenvalue weighted by atomic mass is 9.90. The Balaban J connectivity index is 0.949. The summed E-state index contributed by atoms with van der Waals surface area (Å²) in [4.78, 5) is 51.1. The van der Waals surface area contributed by atoms with Crippen LogP contribution in [0.1, 0.15) is 50.6 Å². The normalized spacial score (nSPS) is 20.7. The number of carbonyl (C=O) groups excluding carboxylic acids is 3. The minimum atomic E-state index is -0.630. The van der Waals surface area contributed by atoms with Crippen LogP contribution < -0.4 is 15.0 Å². The summed E-state index contributed by atoms with van der Waals surface area (Å²) in [5.74, 6) is 0.972. The SMILES string of the molecule is CN(Cc1nc2cc3c(c(F)c2o1)CC(CN1CCC2(CC1)CN(c1ccc4c(n1)NC(=O)CO4)C(=O)O2)C3)C(=O)OC(C)(C)C. The monoisotopic (exact) mass is 636 g/mol. The summed E-state index contributed by atoms with van der Waals surface area (Å²) in [6, 6.07) is 5.29. The number of oxazole rings is 1. The predicted octanol–water partition coefficient (Wildman–Crippen LogP) is 4.27. The van der Waals surface area contributed by atoms with Crippen molar-refractivity contribution in [1.29, 1.82) is 0 Å². The number of pyridine rings is 1. The zero-order valence-corrected chi connectivity index (χ0v) is 26.4. The van der Waals surface area contributed by atoms with Crippen molar-refractivity contribution in [2.75, 3.05) is 50.1 Å². The molecule has 244 valence electrons. The average molecular weight is 637 g/mol. The molecule has 13 nitrogen and oxygen atoms in total. The average Bonchev–Trinajstić information content (AvgIpc) is 3.68. The van der Waals surface area contributed by atoms with Gasteiger partial charge in [-0.1, -0.05) is 0 Å². The second kappa shape index (κ2) is 11.1. The van der Waals surface area contributed by atoms with Gasteiger partial charge in [0.25, 0.3) is 5.91 Å². The van der Waals surface area contributed by atoms with Gasteiger partial charge in [0.1, 0.15) is 29.1 Å². The molecule has 0 radical (unpaired) electrons. The van der Waals surface area contributed by atoms with Crippen molar-refractivity contribution < 1.29 is 37.4 Å². The molecule has 1 aliphatic carbocycles. The predicted molar refractivity (Wildman–Crippen MR) is 163 cm³/mol. The van der Waals surface area contributed by atoms with Gasteiger partial charge in [-0.05, 0) is 68.9 Å². The van der Waals surface area contributed by atoms with E-state index in [1.165, 1.54) is 9.80 Å². The first-order chi connectivity index (χ1) is 21.8. The molecule has 5 heterocycles. The molecule has 0 bridgehead atoms. The molecule has 3 aromatic rings. The molecule has 2 aromatic heterocycles. The van der Waals surface area contributed by atoms with Gasteiger partial charge >= 0.3 is 12.2 Å². The third-order valence-corrected chi connectivity index (χ3v) is 8.93. The molecule has 4 aliphatic rings. The highest BCUT2D eigenvalue weighted by atomic mass is 19.1.